The lowest BCUT2D eigenvalue weighted by atomic mass is 10.0. The van der Waals surface area contributed by atoms with Crippen molar-refractivity contribution >= 4 is 27.6 Å². The van der Waals surface area contributed by atoms with Crippen LogP contribution in [0.25, 0.3) is 0 Å². The SMILES string of the molecule is CCOC(=O)c1ccc(NC2CCCC(C)CC2)c(Br)c1. The van der Waals surface area contributed by atoms with Gasteiger partial charge in [0.2, 0.25) is 0 Å². The van der Waals surface area contributed by atoms with Gasteiger partial charge in [-0.3, -0.25) is 0 Å². The highest BCUT2D eigenvalue weighted by Crippen LogP contribution is 2.29. The molecular weight excluding hydrogens is 330 g/mol. The van der Waals surface area contributed by atoms with E-state index in [1.165, 1.54) is 32.1 Å². The van der Waals surface area contributed by atoms with Crippen LogP contribution in [-0.4, -0.2) is 18.6 Å². The first-order chi connectivity index (χ1) is 10.1. The lowest BCUT2D eigenvalue weighted by molar-refractivity contribution is 0.0526. The second-order valence-corrected chi connectivity index (χ2v) is 6.72. The molecule has 3 nitrogen and oxygen atoms in total. The van der Waals surface area contributed by atoms with Crippen molar-refractivity contribution in [1.29, 1.82) is 0 Å². The van der Waals surface area contributed by atoms with Gasteiger partial charge in [0.05, 0.1) is 12.2 Å². The number of hydrogen-bond acceptors (Lipinski definition) is 3. The molecule has 2 unspecified atom stereocenters. The lowest BCUT2D eigenvalue weighted by Gasteiger charge is -2.19. The molecule has 1 aliphatic rings. The van der Waals surface area contributed by atoms with Gasteiger partial charge in [0, 0.05) is 16.2 Å². The Hall–Kier alpha value is -1.03. The fraction of sp³-hybridized carbons (Fsp3) is 0.588. The summed E-state index contributed by atoms with van der Waals surface area (Å²) in [5.74, 6) is 0.569. The predicted molar refractivity (Wildman–Crippen MR) is 89.8 cm³/mol. The molecule has 2 atom stereocenters. The summed E-state index contributed by atoms with van der Waals surface area (Å²) in [5, 5.41) is 3.61. The van der Waals surface area contributed by atoms with Crippen LogP contribution in [0.5, 0.6) is 0 Å². The minimum Gasteiger partial charge on any atom is -0.462 e. The van der Waals surface area contributed by atoms with E-state index in [-0.39, 0.29) is 5.97 Å². The van der Waals surface area contributed by atoms with Gasteiger partial charge in [0.15, 0.2) is 0 Å². The highest BCUT2D eigenvalue weighted by molar-refractivity contribution is 9.10. The number of rotatable bonds is 4. The van der Waals surface area contributed by atoms with E-state index < -0.39 is 0 Å². The summed E-state index contributed by atoms with van der Waals surface area (Å²) < 4.78 is 5.94. The van der Waals surface area contributed by atoms with Crippen molar-refractivity contribution in [2.24, 2.45) is 5.92 Å². The Morgan fingerprint density at radius 1 is 1.33 bits per heavy atom. The minimum absolute atomic E-state index is 0.270. The van der Waals surface area contributed by atoms with Crippen LogP contribution >= 0.6 is 15.9 Å². The van der Waals surface area contributed by atoms with Crippen LogP contribution in [0, 0.1) is 5.92 Å². The number of nitrogens with one attached hydrogen (secondary N) is 1. The third kappa shape index (κ3) is 4.73. The Kier molecular flexibility index (Phi) is 6.09. The highest BCUT2D eigenvalue weighted by Gasteiger charge is 2.17. The Labute approximate surface area is 135 Å². The molecule has 1 N–H and O–H groups in total. The van der Waals surface area contributed by atoms with E-state index in [9.17, 15) is 4.79 Å². The van der Waals surface area contributed by atoms with Gasteiger partial charge >= 0.3 is 5.97 Å². The van der Waals surface area contributed by atoms with Gasteiger partial charge in [-0.15, -0.1) is 0 Å². The molecule has 0 saturated heterocycles. The molecule has 116 valence electrons. The summed E-state index contributed by atoms with van der Waals surface area (Å²) in [4.78, 5) is 11.7. The molecule has 21 heavy (non-hydrogen) atoms. The van der Waals surface area contributed by atoms with Crippen molar-refractivity contribution in [3.05, 3.63) is 28.2 Å². The van der Waals surface area contributed by atoms with Gasteiger partial charge in [0.25, 0.3) is 0 Å². The van der Waals surface area contributed by atoms with Crippen molar-refractivity contribution in [2.75, 3.05) is 11.9 Å². The van der Waals surface area contributed by atoms with Crippen molar-refractivity contribution in [3.63, 3.8) is 0 Å². The van der Waals surface area contributed by atoms with Gasteiger partial charge in [0.1, 0.15) is 0 Å². The first-order valence-corrected chi connectivity index (χ1v) is 8.62. The lowest BCUT2D eigenvalue weighted by Crippen LogP contribution is -2.18. The van der Waals surface area contributed by atoms with E-state index in [0.29, 0.717) is 18.2 Å². The fourth-order valence-electron chi connectivity index (χ4n) is 2.82. The van der Waals surface area contributed by atoms with E-state index in [4.69, 9.17) is 4.74 Å². The van der Waals surface area contributed by atoms with E-state index in [0.717, 1.165) is 16.1 Å². The molecule has 0 aromatic heterocycles. The molecule has 0 aliphatic heterocycles. The number of halogens is 1. The second kappa shape index (κ2) is 7.83. The number of anilines is 1. The molecule has 2 rings (SSSR count). The Bertz CT molecular complexity index is 490. The van der Waals surface area contributed by atoms with Crippen LogP contribution in [0.3, 0.4) is 0 Å². The van der Waals surface area contributed by atoms with E-state index in [1.54, 1.807) is 0 Å². The summed E-state index contributed by atoms with van der Waals surface area (Å²) >= 11 is 3.55. The smallest absolute Gasteiger partial charge is 0.338 e. The fourth-order valence-corrected chi connectivity index (χ4v) is 3.32. The molecule has 0 heterocycles. The number of hydrogen-bond donors (Lipinski definition) is 1. The number of carbonyl (C=O) groups excluding carboxylic acids is 1. The van der Waals surface area contributed by atoms with Crippen LogP contribution in [0.1, 0.15) is 56.3 Å². The maximum absolute atomic E-state index is 11.7. The summed E-state index contributed by atoms with van der Waals surface area (Å²) in [6.07, 6.45) is 6.35. The van der Waals surface area contributed by atoms with Crippen molar-refractivity contribution < 1.29 is 9.53 Å². The van der Waals surface area contributed by atoms with Crippen molar-refractivity contribution in [2.45, 2.75) is 52.0 Å². The monoisotopic (exact) mass is 353 g/mol. The summed E-state index contributed by atoms with van der Waals surface area (Å²) in [5.41, 5.74) is 1.64. The van der Waals surface area contributed by atoms with Gasteiger partial charge in [-0.2, -0.15) is 0 Å². The zero-order valence-electron chi connectivity index (χ0n) is 12.8. The first kappa shape index (κ1) is 16.3. The third-order valence-corrected chi connectivity index (χ3v) is 4.75. The zero-order chi connectivity index (χ0) is 15.2. The number of esters is 1. The van der Waals surface area contributed by atoms with Crippen LogP contribution in [0.4, 0.5) is 5.69 Å². The Morgan fingerprint density at radius 2 is 2.14 bits per heavy atom. The van der Waals surface area contributed by atoms with Gasteiger partial charge in [-0.1, -0.05) is 19.8 Å². The third-order valence-electron chi connectivity index (χ3n) is 4.10. The summed E-state index contributed by atoms with van der Waals surface area (Å²) in [6, 6.07) is 6.15. The molecule has 1 aliphatic carbocycles. The Balaban J connectivity index is 2.02. The topological polar surface area (TPSA) is 38.3 Å². The van der Waals surface area contributed by atoms with E-state index >= 15 is 0 Å². The maximum Gasteiger partial charge on any atom is 0.338 e. The van der Waals surface area contributed by atoms with Crippen LogP contribution in [-0.2, 0) is 4.74 Å². The summed E-state index contributed by atoms with van der Waals surface area (Å²) in [6.45, 7) is 4.55. The average molecular weight is 354 g/mol. The van der Waals surface area contributed by atoms with Crippen molar-refractivity contribution in [1.82, 2.24) is 0 Å². The Morgan fingerprint density at radius 3 is 2.86 bits per heavy atom. The molecule has 0 radical (unpaired) electrons. The average Bonchev–Trinajstić information content (AvgIpc) is 2.66. The summed E-state index contributed by atoms with van der Waals surface area (Å²) in [7, 11) is 0. The maximum atomic E-state index is 11.7. The highest BCUT2D eigenvalue weighted by atomic mass is 79.9. The van der Waals surface area contributed by atoms with Crippen molar-refractivity contribution in [3.8, 4) is 0 Å². The quantitative estimate of drug-likeness (QED) is 0.610. The molecule has 1 aromatic rings. The standard InChI is InChI=1S/C17H24BrNO2/c1-3-21-17(20)13-8-10-16(15(18)11-13)19-14-6-4-5-12(2)7-9-14/h8,10-12,14,19H,3-7,9H2,1-2H3. The number of ether oxygens (including phenoxy) is 1. The van der Waals surface area contributed by atoms with E-state index in [1.807, 2.05) is 25.1 Å². The minimum atomic E-state index is -0.270. The normalized spacial score (nSPS) is 22.4. The number of carbonyl (C=O) groups is 1. The molecule has 1 aromatic carbocycles. The zero-order valence-corrected chi connectivity index (χ0v) is 14.4. The van der Waals surface area contributed by atoms with Gasteiger partial charge in [-0.05, 0) is 66.2 Å². The second-order valence-electron chi connectivity index (χ2n) is 5.87. The van der Waals surface area contributed by atoms with E-state index in [2.05, 4.69) is 28.2 Å². The van der Waals surface area contributed by atoms with Crippen LogP contribution in [0.15, 0.2) is 22.7 Å². The molecular formula is C17H24BrNO2. The van der Waals surface area contributed by atoms with Crippen LogP contribution < -0.4 is 5.32 Å². The molecule has 1 fully saturated rings. The number of benzene rings is 1. The molecule has 0 spiro atoms. The molecule has 0 amide bonds. The molecule has 1 saturated carbocycles. The predicted octanol–water partition coefficient (Wildman–Crippen LogP) is 5.01. The largest absolute Gasteiger partial charge is 0.462 e. The molecule has 4 heteroatoms. The molecule has 0 bridgehead atoms. The first-order valence-electron chi connectivity index (χ1n) is 7.83. The van der Waals surface area contributed by atoms with Gasteiger partial charge in [-0.25, -0.2) is 4.79 Å². The van der Waals surface area contributed by atoms with Gasteiger partial charge < -0.3 is 10.1 Å². The van der Waals surface area contributed by atoms with Crippen LogP contribution in [0.2, 0.25) is 0 Å².